The van der Waals surface area contributed by atoms with Crippen LogP contribution in [-0.2, 0) is 4.79 Å². The number of nitrogens with zero attached hydrogens (tertiary/aromatic N) is 1. The van der Waals surface area contributed by atoms with E-state index in [2.05, 4.69) is 0 Å². The number of rotatable bonds is 5. The van der Waals surface area contributed by atoms with Gasteiger partial charge in [-0.05, 0) is 49.3 Å². The minimum Gasteiger partial charge on any atom is -0.396 e. The van der Waals surface area contributed by atoms with Gasteiger partial charge in [0.15, 0.2) is 0 Å². The number of aliphatic hydroxyl groups excluding tert-OH is 2. The monoisotopic (exact) mass is 309 g/mol. The van der Waals surface area contributed by atoms with Gasteiger partial charge in [0.05, 0.1) is 12.5 Å². The topological polar surface area (TPSA) is 60.8 Å². The summed E-state index contributed by atoms with van der Waals surface area (Å²) >= 11 is 0. The zero-order valence-corrected chi connectivity index (χ0v) is 12.9. The lowest BCUT2D eigenvalue weighted by atomic mass is 9.86. The van der Waals surface area contributed by atoms with Crippen LogP contribution in [0.15, 0.2) is 24.3 Å². The molecule has 5 heteroatoms. The molecule has 0 aliphatic heterocycles. The summed E-state index contributed by atoms with van der Waals surface area (Å²) in [6.07, 6.45) is 2.57. The normalized spacial score (nSPS) is 23.1. The Kier molecular flexibility index (Phi) is 5.91. The molecule has 22 heavy (non-hydrogen) atoms. The zero-order chi connectivity index (χ0) is 16.1. The van der Waals surface area contributed by atoms with E-state index in [0.29, 0.717) is 11.5 Å². The molecule has 1 aromatic carbocycles. The Balaban J connectivity index is 1.88. The Labute approximate surface area is 130 Å². The number of benzene rings is 1. The van der Waals surface area contributed by atoms with E-state index in [-0.39, 0.29) is 25.0 Å². The molecule has 2 N–H and O–H groups in total. The van der Waals surface area contributed by atoms with Crippen LogP contribution in [-0.4, -0.2) is 40.7 Å². The highest BCUT2D eigenvalue weighted by molar-refractivity contribution is 5.77. The molecule has 1 atom stereocenters. The van der Waals surface area contributed by atoms with Gasteiger partial charge >= 0.3 is 0 Å². The number of hydrogen-bond acceptors (Lipinski definition) is 3. The summed E-state index contributed by atoms with van der Waals surface area (Å²) < 4.78 is 13.2. The van der Waals surface area contributed by atoms with Gasteiger partial charge in [0.25, 0.3) is 0 Å². The minimum absolute atomic E-state index is 0.0418. The molecule has 0 bridgehead atoms. The SMILES string of the molecule is CN(C(=O)CC(O)c1cccc(F)c1)C1CCC(CO)CC1. The minimum atomic E-state index is -0.987. The van der Waals surface area contributed by atoms with E-state index in [9.17, 15) is 14.3 Å². The van der Waals surface area contributed by atoms with Crippen molar-refractivity contribution < 1.29 is 19.4 Å². The van der Waals surface area contributed by atoms with Crippen molar-refractivity contribution in [2.45, 2.75) is 44.2 Å². The lowest BCUT2D eigenvalue weighted by Gasteiger charge is -2.34. The number of amides is 1. The molecular formula is C17H24FNO3. The van der Waals surface area contributed by atoms with Crippen molar-refractivity contribution in [3.8, 4) is 0 Å². The average Bonchev–Trinajstić information content (AvgIpc) is 2.54. The molecule has 1 fully saturated rings. The number of carbonyl (C=O) groups excluding carboxylic acids is 1. The van der Waals surface area contributed by atoms with E-state index in [1.807, 2.05) is 0 Å². The second kappa shape index (κ2) is 7.70. The molecule has 122 valence electrons. The molecule has 0 saturated heterocycles. The molecule has 0 spiro atoms. The lowest BCUT2D eigenvalue weighted by molar-refractivity contribution is -0.135. The maximum Gasteiger partial charge on any atom is 0.225 e. The Morgan fingerprint density at radius 1 is 1.36 bits per heavy atom. The number of halogens is 1. The average molecular weight is 309 g/mol. The summed E-state index contributed by atoms with van der Waals surface area (Å²) in [7, 11) is 1.75. The smallest absolute Gasteiger partial charge is 0.225 e. The van der Waals surface area contributed by atoms with Crippen molar-refractivity contribution in [2.24, 2.45) is 5.92 Å². The van der Waals surface area contributed by atoms with E-state index < -0.39 is 11.9 Å². The first-order valence-corrected chi connectivity index (χ1v) is 7.81. The molecule has 2 rings (SSSR count). The molecule has 1 aliphatic rings. The molecule has 0 heterocycles. The van der Waals surface area contributed by atoms with Crippen molar-refractivity contribution >= 4 is 5.91 Å². The third-order valence-corrected chi connectivity index (χ3v) is 4.62. The van der Waals surface area contributed by atoms with Crippen molar-refractivity contribution in [2.75, 3.05) is 13.7 Å². The Hall–Kier alpha value is -1.46. The van der Waals surface area contributed by atoms with Gasteiger partial charge in [0.2, 0.25) is 5.91 Å². The van der Waals surface area contributed by atoms with E-state index in [1.54, 1.807) is 18.0 Å². The summed E-state index contributed by atoms with van der Waals surface area (Å²) in [5, 5.41) is 19.2. The molecule has 1 amide bonds. The van der Waals surface area contributed by atoms with Gasteiger partial charge in [-0.2, -0.15) is 0 Å². The number of hydrogen-bond donors (Lipinski definition) is 2. The Bertz CT molecular complexity index is 500. The molecular weight excluding hydrogens is 285 g/mol. The molecule has 0 aromatic heterocycles. The second-order valence-corrected chi connectivity index (χ2v) is 6.14. The van der Waals surface area contributed by atoms with Crippen LogP contribution in [0.3, 0.4) is 0 Å². The van der Waals surface area contributed by atoms with Crippen LogP contribution in [0.5, 0.6) is 0 Å². The van der Waals surface area contributed by atoms with Crippen LogP contribution >= 0.6 is 0 Å². The van der Waals surface area contributed by atoms with E-state index >= 15 is 0 Å². The maximum atomic E-state index is 13.2. The van der Waals surface area contributed by atoms with Gasteiger partial charge in [-0.15, -0.1) is 0 Å². The predicted molar refractivity (Wildman–Crippen MR) is 81.6 cm³/mol. The summed E-state index contributed by atoms with van der Waals surface area (Å²) in [6.45, 7) is 0.211. The standard InChI is InChI=1S/C17H24FNO3/c1-19(15-7-5-12(11-20)6-8-15)17(22)10-16(21)13-3-2-4-14(18)9-13/h2-4,9,12,15-16,20-21H,5-8,10-11H2,1H3. The van der Waals surface area contributed by atoms with Crippen LogP contribution in [0.25, 0.3) is 0 Å². The highest BCUT2D eigenvalue weighted by Crippen LogP contribution is 2.28. The van der Waals surface area contributed by atoms with Crippen LogP contribution in [0, 0.1) is 11.7 Å². The van der Waals surface area contributed by atoms with Crippen molar-refractivity contribution in [1.29, 1.82) is 0 Å². The molecule has 4 nitrogen and oxygen atoms in total. The van der Waals surface area contributed by atoms with Crippen LogP contribution in [0.4, 0.5) is 4.39 Å². The largest absolute Gasteiger partial charge is 0.396 e. The number of carbonyl (C=O) groups is 1. The van der Waals surface area contributed by atoms with Gasteiger partial charge in [-0.1, -0.05) is 12.1 Å². The van der Waals surface area contributed by atoms with Gasteiger partial charge in [0, 0.05) is 19.7 Å². The third-order valence-electron chi connectivity index (χ3n) is 4.62. The predicted octanol–water partition coefficient (Wildman–Crippen LogP) is 2.26. The Morgan fingerprint density at radius 3 is 2.64 bits per heavy atom. The van der Waals surface area contributed by atoms with E-state index in [0.717, 1.165) is 25.7 Å². The second-order valence-electron chi connectivity index (χ2n) is 6.14. The molecule has 1 saturated carbocycles. The van der Waals surface area contributed by atoms with Gasteiger partial charge in [-0.25, -0.2) is 4.39 Å². The summed E-state index contributed by atoms with van der Waals surface area (Å²) in [5.74, 6) is -0.207. The summed E-state index contributed by atoms with van der Waals surface area (Å²) in [5.41, 5.74) is 0.422. The summed E-state index contributed by atoms with van der Waals surface area (Å²) in [4.78, 5) is 14.0. The number of aliphatic hydroxyl groups is 2. The van der Waals surface area contributed by atoms with Gasteiger partial charge in [0.1, 0.15) is 5.82 Å². The summed E-state index contributed by atoms with van der Waals surface area (Å²) in [6, 6.07) is 5.87. The highest BCUT2D eigenvalue weighted by atomic mass is 19.1. The molecule has 1 aromatic rings. The van der Waals surface area contributed by atoms with Gasteiger partial charge < -0.3 is 15.1 Å². The lowest BCUT2D eigenvalue weighted by Crippen LogP contribution is -2.40. The fourth-order valence-corrected chi connectivity index (χ4v) is 3.06. The molecule has 0 radical (unpaired) electrons. The van der Waals surface area contributed by atoms with E-state index in [4.69, 9.17) is 5.11 Å². The molecule has 1 unspecified atom stereocenters. The first kappa shape index (κ1) is 16.9. The van der Waals surface area contributed by atoms with Crippen LogP contribution in [0.2, 0.25) is 0 Å². The highest BCUT2D eigenvalue weighted by Gasteiger charge is 2.27. The zero-order valence-electron chi connectivity index (χ0n) is 12.9. The van der Waals surface area contributed by atoms with Crippen molar-refractivity contribution in [1.82, 2.24) is 4.90 Å². The van der Waals surface area contributed by atoms with Crippen LogP contribution in [0.1, 0.15) is 43.8 Å². The van der Waals surface area contributed by atoms with Crippen molar-refractivity contribution in [3.63, 3.8) is 0 Å². The fourth-order valence-electron chi connectivity index (χ4n) is 3.06. The maximum absolute atomic E-state index is 13.2. The quantitative estimate of drug-likeness (QED) is 0.877. The van der Waals surface area contributed by atoms with Gasteiger partial charge in [-0.3, -0.25) is 4.79 Å². The third kappa shape index (κ3) is 4.27. The van der Waals surface area contributed by atoms with Crippen molar-refractivity contribution in [3.05, 3.63) is 35.6 Å². The Morgan fingerprint density at radius 2 is 2.05 bits per heavy atom. The fraction of sp³-hybridized carbons (Fsp3) is 0.588. The van der Waals surface area contributed by atoms with E-state index in [1.165, 1.54) is 18.2 Å². The molecule has 1 aliphatic carbocycles. The van der Waals surface area contributed by atoms with Crippen LogP contribution < -0.4 is 0 Å². The first-order valence-electron chi connectivity index (χ1n) is 7.81. The first-order chi connectivity index (χ1) is 10.5.